The molecule has 0 radical (unpaired) electrons. The van der Waals surface area contributed by atoms with E-state index in [0.29, 0.717) is 10.9 Å². The highest BCUT2D eigenvalue weighted by atomic mass is 32.2. The predicted molar refractivity (Wildman–Crippen MR) is 105 cm³/mol. The first kappa shape index (κ1) is 16.5. The van der Waals surface area contributed by atoms with Crippen LogP contribution in [-0.4, -0.2) is 31.9 Å². The number of aromatic nitrogens is 2. The number of thioether (sulfide) groups is 1. The summed E-state index contributed by atoms with van der Waals surface area (Å²) in [5.74, 6) is 0.534. The number of hydrogen-bond donors (Lipinski definition) is 1. The van der Waals surface area contributed by atoms with Crippen LogP contribution in [-0.2, 0) is 11.2 Å². The smallest absolute Gasteiger partial charge is 0.232 e. The average Bonchev–Trinajstić information content (AvgIpc) is 3.07. The molecule has 4 rings (SSSR count). The molecule has 0 aliphatic carbocycles. The lowest BCUT2D eigenvalue weighted by atomic mass is 10.1. The molecule has 26 heavy (non-hydrogen) atoms. The molecular weight excluding hydrogens is 346 g/mol. The Labute approximate surface area is 155 Å². The highest BCUT2D eigenvalue weighted by Gasteiger charge is 2.15. The summed E-state index contributed by atoms with van der Waals surface area (Å²) in [6, 6.07) is 13.9. The Bertz CT molecular complexity index is 1020. The van der Waals surface area contributed by atoms with Gasteiger partial charge in [0.1, 0.15) is 5.65 Å². The molecule has 0 saturated carbocycles. The summed E-state index contributed by atoms with van der Waals surface area (Å²) >= 11 is 1.47. The van der Waals surface area contributed by atoms with Gasteiger partial charge in [0.25, 0.3) is 0 Å². The second-order valence-corrected chi connectivity index (χ2v) is 6.95. The number of amidine groups is 1. The number of imidazole rings is 1. The summed E-state index contributed by atoms with van der Waals surface area (Å²) in [6.45, 7) is 2.00. The van der Waals surface area contributed by atoms with Crippen LogP contribution in [0.15, 0.2) is 65.1 Å². The Kier molecular flexibility index (Phi) is 4.53. The lowest BCUT2D eigenvalue weighted by Crippen LogP contribution is -2.31. The minimum absolute atomic E-state index is 0.143. The number of nitrogens with one attached hydrogen (secondary N) is 1. The van der Waals surface area contributed by atoms with E-state index in [-0.39, 0.29) is 12.3 Å². The van der Waals surface area contributed by atoms with Crippen molar-refractivity contribution >= 4 is 34.2 Å². The maximum absolute atomic E-state index is 12.3. The van der Waals surface area contributed by atoms with Gasteiger partial charge in [-0.1, -0.05) is 48.2 Å². The first-order valence-corrected chi connectivity index (χ1v) is 9.23. The first-order chi connectivity index (χ1) is 12.7. The molecule has 130 valence electrons. The largest absolute Gasteiger partial charge is 0.307 e. The highest BCUT2D eigenvalue weighted by molar-refractivity contribution is 8.14. The van der Waals surface area contributed by atoms with Crippen molar-refractivity contribution in [3.8, 4) is 0 Å². The van der Waals surface area contributed by atoms with E-state index < -0.39 is 0 Å². The second-order valence-electron chi connectivity index (χ2n) is 5.99. The molecule has 1 N–H and O–H groups in total. The van der Waals surface area contributed by atoms with E-state index in [1.54, 1.807) is 0 Å². The number of carbonyl (C=O) groups is 1. The number of amides is 1. The molecule has 1 aliphatic rings. The zero-order chi connectivity index (χ0) is 17.9. The standard InChI is InChI=1S/C19H17N5OS/c1-13-6-5-9-24-11-15(20-18(13)24)10-17(25)21-19-23-22-16(12-26-19)14-7-3-2-4-8-14/h2-9,11H,10,12H2,1H3,(H,21,23,25). The molecule has 1 amide bonds. The van der Waals surface area contributed by atoms with Gasteiger partial charge in [-0.3, -0.25) is 4.79 Å². The number of benzene rings is 1. The van der Waals surface area contributed by atoms with E-state index in [1.807, 2.05) is 66.2 Å². The Hall–Kier alpha value is -2.93. The predicted octanol–water partition coefficient (Wildman–Crippen LogP) is 2.81. The summed E-state index contributed by atoms with van der Waals surface area (Å²) in [7, 11) is 0. The van der Waals surface area contributed by atoms with Gasteiger partial charge in [-0.05, 0) is 24.1 Å². The number of nitrogens with zero attached hydrogens (tertiary/aromatic N) is 4. The topological polar surface area (TPSA) is 71.1 Å². The average molecular weight is 363 g/mol. The quantitative estimate of drug-likeness (QED) is 0.778. The summed E-state index contributed by atoms with van der Waals surface area (Å²) in [5.41, 5.74) is 4.64. The Balaban J connectivity index is 1.42. The molecule has 2 aromatic heterocycles. The van der Waals surface area contributed by atoms with Crippen LogP contribution in [0.2, 0.25) is 0 Å². The lowest BCUT2D eigenvalue weighted by molar-refractivity contribution is -0.119. The fourth-order valence-corrected chi connectivity index (χ4v) is 3.53. The molecule has 0 saturated heterocycles. The summed E-state index contributed by atoms with van der Waals surface area (Å²) in [5, 5.41) is 11.7. The van der Waals surface area contributed by atoms with Crippen molar-refractivity contribution in [2.24, 2.45) is 10.2 Å². The van der Waals surface area contributed by atoms with Crippen molar-refractivity contribution in [1.82, 2.24) is 14.7 Å². The van der Waals surface area contributed by atoms with Gasteiger partial charge in [-0.2, -0.15) is 5.10 Å². The van der Waals surface area contributed by atoms with Crippen LogP contribution in [0, 0.1) is 6.92 Å². The molecule has 0 fully saturated rings. The number of fused-ring (bicyclic) bond motifs is 1. The van der Waals surface area contributed by atoms with Gasteiger partial charge in [-0.25, -0.2) is 4.98 Å². The third-order valence-electron chi connectivity index (χ3n) is 4.03. The van der Waals surface area contributed by atoms with Gasteiger partial charge in [-0.15, -0.1) is 5.10 Å². The van der Waals surface area contributed by atoms with Crippen molar-refractivity contribution in [3.63, 3.8) is 0 Å². The van der Waals surface area contributed by atoms with Gasteiger partial charge < -0.3 is 9.72 Å². The van der Waals surface area contributed by atoms with Crippen LogP contribution in [0.5, 0.6) is 0 Å². The number of hydrogen-bond acceptors (Lipinski definition) is 5. The molecule has 0 atom stereocenters. The molecule has 3 heterocycles. The van der Waals surface area contributed by atoms with E-state index in [0.717, 1.165) is 28.2 Å². The summed E-state index contributed by atoms with van der Waals surface area (Å²) in [6.07, 6.45) is 4.01. The molecular formula is C19H17N5OS. The van der Waals surface area contributed by atoms with Crippen LogP contribution in [0.3, 0.4) is 0 Å². The van der Waals surface area contributed by atoms with Crippen molar-refractivity contribution in [2.45, 2.75) is 13.3 Å². The third kappa shape index (κ3) is 3.52. The minimum Gasteiger partial charge on any atom is -0.307 e. The SMILES string of the molecule is Cc1cccn2cc(CC(=O)NC3=NN=C(c4ccccc4)CS3)nc12. The Morgan fingerprint density at radius 1 is 1.19 bits per heavy atom. The highest BCUT2D eigenvalue weighted by Crippen LogP contribution is 2.15. The molecule has 1 aliphatic heterocycles. The van der Waals surface area contributed by atoms with E-state index in [4.69, 9.17) is 0 Å². The van der Waals surface area contributed by atoms with Gasteiger partial charge in [0.15, 0.2) is 5.17 Å². The number of carbonyl (C=O) groups excluding carboxylic acids is 1. The van der Waals surface area contributed by atoms with E-state index in [2.05, 4.69) is 20.5 Å². The molecule has 7 heteroatoms. The van der Waals surface area contributed by atoms with E-state index in [1.165, 1.54) is 11.8 Å². The molecule has 0 bridgehead atoms. The second kappa shape index (κ2) is 7.13. The Morgan fingerprint density at radius 2 is 2.04 bits per heavy atom. The van der Waals surface area contributed by atoms with Gasteiger partial charge in [0.05, 0.1) is 17.8 Å². The summed E-state index contributed by atoms with van der Waals surface area (Å²) in [4.78, 5) is 16.8. The van der Waals surface area contributed by atoms with Crippen LogP contribution in [0.4, 0.5) is 0 Å². The normalized spacial score (nSPS) is 14.0. The van der Waals surface area contributed by atoms with Crippen molar-refractivity contribution in [3.05, 3.63) is 71.7 Å². The minimum atomic E-state index is -0.143. The van der Waals surface area contributed by atoms with Crippen molar-refractivity contribution < 1.29 is 4.79 Å². The maximum atomic E-state index is 12.3. The Morgan fingerprint density at radius 3 is 2.77 bits per heavy atom. The van der Waals surface area contributed by atoms with Gasteiger partial charge in [0.2, 0.25) is 5.91 Å². The van der Waals surface area contributed by atoms with Crippen LogP contribution in [0.1, 0.15) is 16.8 Å². The molecule has 1 aromatic carbocycles. The number of pyridine rings is 1. The van der Waals surface area contributed by atoms with E-state index >= 15 is 0 Å². The third-order valence-corrected chi connectivity index (χ3v) is 4.90. The number of aryl methyl sites for hydroxylation is 1. The zero-order valence-corrected chi connectivity index (χ0v) is 15.0. The number of rotatable bonds is 3. The first-order valence-electron chi connectivity index (χ1n) is 8.25. The van der Waals surface area contributed by atoms with E-state index in [9.17, 15) is 4.79 Å². The van der Waals surface area contributed by atoms with Gasteiger partial charge >= 0.3 is 0 Å². The molecule has 0 spiro atoms. The molecule has 0 unspecified atom stereocenters. The van der Waals surface area contributed by atoms with Crippen molar-refractivity contribution in [1.29, 1.82) is 0 Å². The van der Waals surface area contributed by atoms with Crippen molar-refractivity contribution in [2.75, 3.05) is 5.75 Å². The van der Waals surface area contributed by atoms with Crippen LogP contribution >= 0.6 is 11.8 Å². The fourth-order valence-electron chi connectivity index (χ4n) is 2.75. The summed E-state index contributed by atoms with van der Waals surface area (Å²) < 4.78 is 1.93. The van der Waals surface area contributed by atoms with Crippen LogP contribution in [0.25, 0.3) is 5.65 Å². The molecule has 3 aromatic rings. The molecule has 6 nitrogen and oxygen atoms in total. The lowest BCUT2D eigenvalue weighted by Gasteiger charge is -2.12. The van der Waals surface area contributed by atoms with Crippen LogP contribution < -0.4 is 5.32 Å². The van der Waals surface area contributed by atoms with Gasteiger partial charge in [0, 0.05) is 18.1 Å². The fraction of sp³-hybridized carbons (Fsp3) is 0.158. The zero-order valence-electron chi connectivity index (χ0n) is 14.2. The maximum Gasteiger partial charge on any atom is 0.232 e. The monoisotopic (exact) mass is 363 g/mol.